The van der Waals surface area contributed by atoms with E-state index in [9.17, 15) is 5.11 Å². The number of aliphatic hydroxyl groups is 1. The van der Waals surface area contributed by atoms with E-state index in [-0.39, 0.29) is 25.7 Å². The average molecular weight is 683 g/mol. The van der Waals surface area contributed by atoms with E-state index >= 15 is 0 Å². The molecule has 4 unspecified atom stereocenters. The average Bonchev–Trinajstić information content (AvgIpc) is 3.02. The SMILES string of the molecule is C=C/C=C\C=C(/OPC(C)(Oc1ccc(OC)cc1)C(C)(C)C)c1ccccc1OPC(C)C.COC1=CCC(O)C(C(C)(C)C)=C1. The van der Waals surface area contributed by atoms with Gasteiger partial charge in [-0.1, -0.05) is 92.3 Å². The molecule has 0 spiro atoms. The number of aliphatic hydroxyl groups excluding tert-OH is 1. The van der Waals surface area contributed by atoms with Crippen molar-refractivity contribution in [2.75, 3.05) is 14.2 Å². The lowest BCUT2D eigenvalue weighted by Gasteiger charge is -2.41. The summed E-state index contributed by atoms with van der Waals surface area (Å²) in [6, 6.07) is 15.6. The Morgan fingerprint density at radius 1 is 0.915 bits per heavy atom. The molecule has 0 bridgehead atoms. The van der Waals surface area contributed by atoms with Gasteiger partial charge in [0.25, 0.3) is 0 Å². The van der Waals surface area contributed by atoms with Gasteiger partial charge in [0.2, 0.25) is 0 Å². The number of methoxy groups -OCH3 is 2. The van der Waals surface area contributed by atoms with E-state index in [1.165, 1.54) is 0 Å². The van der Waals surface area contributed by atoms with Crippen LogP contribution in [0.2, 0.25) is 0 Å². The molecule has 3 rings (SSSR count). The summed E-state index contributed by atoms with van der Waals surface area (Å²) in [6.07, 6.45) is 11.7. The molecule has 47 heavy (non-hydrogen) atoms. The van der Waals surface area contributed by atoms with E-state index < -0.39 is 5.34 Å². The Labute approximate surface area is 287 Å². The van der Waals surface area contributed by atoms with Crippen molar-refractivity contribution in [1.29, 1.82) is 0 Å². The van der Waals surface area contributed by atoms with E-state index in [1.807, 2.05) is 78.9 Å². The minimum Gasteiger partial charge on any atom is -0.497 e. The number of allylic oxidation sites excluding steroid dienone is 5. The Morgan fingerprint density at radius 2 is 1.55 bits per heavy atom. The molecule has 0 aromatic heterocycles. The highest BCUT2D eigenvalue weighted by Crippen LogP contribution is 2.50. The third-order valence-corrected chi connectivity index (χ3v) is 9.89. The van der Waals surface area contributed by atoms with E-state index in [0.717, 1.165) is 39.9 Å². The summed E-state index contributed by atoms with van der Waals surface area (Å²) in [4.78, 5) is 0. The predicted molar refractivity (Wildman–Crippen MR) is 202 cm³/mol. The lowest BCUT2D eigenvalue weighted by molar-refractivity contribution is 0.0597. The highest BCUT2D eigenvalue weighted by atomic mass is 31.1. The van der Waals surface area contributed by atoms with Crippen LogP contribution >= 0.6 is 17.6 Å². The summed E-state index contributed by atoms with van der Waals surface area (Å²) < 4.78 is 29.6. The summed E-state index contributed by atoms with van der Waals surface area (Å²) in [5.41, 5.74) is 2.23. The zero-order valence-electron chi connectivity index (χ0n) is 30.1. The van der Waals surface area contributed by atoms with Crippen LogP contribution in [0.5, 0.6) is 17.2 Å². The number of benzene rings is 2. The molecular weight excluding hydrogens is 626 g/mol. The van der Waals surface area contributed by atoms with Crippen LogP contribution in [-0.2, 0) is 9.26 Å². The number of rotatable bonds is 13. The largest absolute Gasteiger partial charge is 0.497 e. The molecule has 0 heterocycles. The molecule has 4 atom stereocenters. The summed E-state index contributed by atoms with van der Waals surface area (Å²) >= 11 is 0. The fourth-order valence-corrected chi connectivity index (χ4v) is 5.71. The summed E-state index contributed by atoms with van der Waals surface area (Å²) in [7, 11) is 3.71. The van der Waals surface area contributed by atoms with Gasteiger partial charge in [-0.05, 0) is 79.0 Å². The van der Waals surface area contributed by atoms with Crippen LogP contribution in [0.4, 0.5) is 0 Å². The second-order valence-electron chi connectivity index (χ2n) is 13.7. The molecule has 1 N–H and O–H groups in total. The Morgan fingerprint density at radius 3 is 2.11 bits per heavy atom. The van der Waals surface area contributed by atoms with Gasteiger partial charge < -0.3 is 28.4 Å². The number of ether oxygens (including phenoxy) is 3. The Bertz CT molecular complexity index is 1390. The summed E-state index contributed by atoms with van der Waals surface area (Å²) in [6.45, 7) is 22.9. The zero-order chi connectivity index (χ0) is 35.3. The highest BCUT2D eigenvalue weighted by Gasteiger charge is 2.42. The van der Waals surface area contributed by atoms with Crippen LogP contribution in [0.25, 0.3) is 5.76 Å². The van der Waals surface area contributed by atoms with Gasteiger partial charge in [-0.3, -0.25) is 0 Å². The van der Waals surface area contributed by atoms with Crippen molar-refractivity contribution < 1.29 is 28.4 Å². The van der Waals surface area contributed by atoms with Gasteiger partial charge in [0, 0.05) is 11.1 Å². The molecule has 8 heteroatoms. The van der Waals surface area contributed by atoms with E-state index in [4.69, 9.17) is 23.3 Å². The monoisotopic (exact) mass is 682 g/mol. The lowest BCUT2D eigenvalue weighted by atomic mass is 9.80. The number of hydrogen-bond donors (Lipinski definition) is 1. The molecule has 6 nitrogen and oxygen atoms in total. The molecular formula is C39H56O6P2. The maximum absolute atomic E-state index is 9.75. The Kier molecular flexibility index (Phi) is 15.8. The van der Waals surface area contributed by atoms with Crippen molar-refractivity contribution in [3.8, 4) is 17.2 Å². The zero-order valence-corrected chi connectivity index (χ0v) is 32.1. The summed E-state index contributed by atoms with van der Waals surface area (Å²) in [5.74, 6) is 3.96. The van der Waals surface area contributed by atoms with Crippen molar-refractivity contribution in [1.82, 2.24) is 0 Å². The van der Waals surface area contributed by atoms with Crippen LogP contribution in [0.15, 0.2) is 103 Å². The molecule has 0 radical (unpaired) electrons. The third-order valence-electron chi connectivity index (χ3n) is 7.52. The Balaban J connectivity index is 0.000000492. The minimum absolute atomic E-state index is 0.0114. The van der Waals surface area contributed by atoms with Gasteiger partial charge >= 0.3 is 0 Å². The van der Waals surface area contributed by atoms with Crippen LogP contribution in [0.3, 0.4) is 0 Å². The molecule has 0 saturated carbocycles. The molecule has 258 valence electrons. The second kappa shape index (κ2) is 18.5. The van der Waals surface area contributed by atoms with Crippen LogP contribution in [-0.4, -0.2) is 36.4 Å². The highest BCUT2D eigenvalue weighted by molar-refractivity contribution is 7.34. The van der Waals surface area contributed by atoms with Crippen LogP contribution in [0.1, 0.15) is 74.3 Å². The van der Waals surface area contributed by atoms with Crippen molar-refractivity contribution in [3.63, 3.8) is 0 Å². The van der Waals surface area contributed by atoms with E-state index in [1.54, 1.807) is 20.3 Å². The molecule has 1 aliphatic carbocycles. The Hall–Kier alpha value is -3.04. The second-order valence-corrected chi connectivity index (χ2v) is 16.7. The molecule has 2 aromatic rings. The molecule has 0 amide bonds. The van der Waals surface area contributed by atoms with E-state index in [2.05, 4.69) is 68.9 Å². The van der Waals surface area contributed by atoms with Crippen molar-refractivity contribution >= 4 is 23.4 Å². The van der Waals surface area contributed by atoms with Gasteiger partial charge in [-0.15, -0.1) is 0 Å². The standard InChI is InChI=1S/C28H38O4P2.C11H18O2/c1-9-10-11-15-26(24-14-12-13-16-25(24)31-33-21(2)3)32-34-28(7,27(4,5)6)30-23-19-17-22(29-8)18-20-23;1-11(2,3)9-7-8(13-4)5-6-10(9)12/h9-21,33-34H,1H2,2-8H3;5,7,10,12H,6H2,1-4H3/b11-10-,26-15-;. The maximum Gasteiger partial charge on any atom is 0.162 e. The number of hydrogen-bond acceptors (Lipinski definition) is 6. The topological polar surface area (TPSA) is 66.4 Å². The number of para-hydroxylation sites is 1. The predicted octanol–water partition coefficient (Wildman–Crippen LogP) is 10.9. The molecule has 0 fully saturated rings. The molecule has 1 aliphatic rings. The fraction of sp³-hybridized carbons (Fsp3) is 0.436. The normalized spacial score (nSPS) is 17.2. The first-order valence-corrected chi connectivity index (χ1v) is 17.9. The maximum atomic E-state index is 9.75. The lowest BCUT2D eigenvalue weighted by Crippen LogP contribution is -2.41. The third kappa shape index (κ3) is 12.8. The van der Waals surface area contributed by atoms with Gasteiger partial charge in [-0.2, -0.15) is 0 Å². The molecule has 0 aliphatic heterocycles. The first kappa shape index (κ1) is 40.1. The smallest absolute Gasteiger partial charge is 0.162 e. The van der Waals surface area contributed by atoms with Crippen LogP contribution in [0, 0.1) is 10.8 Å². The first-order valence-electron chi connectivity index (χ1n) is 16.0. The van der Waals surface area contributed by atoms with Gasteiger partial charge in [0.15, 0.2) is 5.34 Å². The fourth-order valence-electron chi connectivity index (χ4n) is 4.22. The molecule has 0 saturated heterocycles. The quantitative estimate of drug-likeness (QED) is 0.129. The van der Waals surface area contributed by atoms with Crippen molar-refractivity contribution in [2.24, 2.45) is 10.8 Å². The first-order chi connectivity index (χ1) is 22.0. The van der Waals surface area contributed by atoms with Gasteiger partial charge in [-0.25, -0.2) is 0 Å². The molecule has 2 aromatic carbocycles. The van der Waals surface area contributed by atoms with Gasteiger partial charge in [0.05, 0.1) is 34.7 Å². The summed E-state index contributed by atoms with van der Waals surface area (Å²) in [5, 5.41) is 9.16. The van der Waals surface area contributed by atoms with Gasteiger partial charge in [0.1, 0.15) is 37.6 Å². The van der Waals surface area contributed by atoms with Crippen molar-refractivity contribution in [3.05, 3.63) is 108 Å². The van der Waals surface area contributed by atoms with E-state index in [0.29, 0.717) is 20.9 Å². The minimum atomic E-state index is -0.585. The van der Waals surface area contributed by atoms with Crippen LogP contribution < -0.4 is 14.0 Å². The van der Waals surface area contributed by atoms with Crippen molar-refractivity contribution in [2.45, 2.75) is 85.8 Å².